The lowest BCUT2D eigenvalue weighted by molar-refractivity contribution is -0.153. The molecule has 1 unspecified atom stereocenters. The van der Waals surface area contributed by atoms with E-state index >= 15 is 0 Å². The van der Waals surface area contributed by atoms with Crippen molar-refractivity contribution in [3.8, 4) is 0 Å². The smallest absolute Gasteiger partial charge is 0.339 e. The molecule has 0 saturated carbocycles. The molecule has 0 radical (unpaired) electrons. The summed E-state index contributed by atoms with van der Waals surface area (Å²) in [7, 11) is 0. The zero-order valence-electron chi connectivity index (χ0n) is 10.9. The van der Waals surface area contributed by atoms with Crippen molar-refractivity contribution in [1.82, 2.24) is 4.57 Å². The molecule has 0 bridgehead atoms. The summed E-state index contributed by atoms with van der Waals surface area (Å²) in [5.74, 6) is -1.22. The molecule has 1 aromatic heterocycles. The lowest BCUT2D eigenvalue weighted by Crippen LogP contribution is -2.15. The number of hydrogen-bond donors (Lipinski definition) is 1. The fourth-order valence-electron chi connectivity index (χ4n) is 2.16. The number of aryl methyl sites for hydroxylation is 1. The van der Waals surface area contributed by atoms with Crippen LogP contribution in [0.3, 0.4) is 0 Å². The number of aliphatic hydroxyl groups is 1. The zero-order valence-corrected chi connectivity index (χ0v) is 10.9. The first-order chi connectivity index (χ1) is 9.10. The minimum absolute atomic E-state index is 0.171. The Morgan fingerprint density at radius 2 is 2.21 bits per heavy atom. The molecule has 5 heteroatoms. The van der Waals surface area contributed by atoms with Crippen molar-refractivity contribution in [2.75, 3.05) is 6.61 Å². The van der Waals surface area contributed by atoms with Crippen LogP contribution in [0.5, 0.6) is 0 Å². The first-order valence-electron chi connectivity index (χ1n) is 6.22. The highest BCUT2D eigenvalue weighted by Crippen LogP contribution is 2.29. The molecule has 0 aliphatic rings. The van der Waals surface area contributed by atoms with Gasteiger partial charge in [-0.05, 0) is 26.0 Å². The number of nitrogens with zero attached hydrogens (tertiary/aromatic N) is 1. The number of rotatable bonds is 4. The van der Waals surface area contributed by atoms with Crippen molar-refractivity contribution < 1.29 is 19.0 Å². The van der Waals surface area contributed by atoms with Crippen LogP contribution in [0.2, 0.25) is 0 Å². The summed E-state index contributed by atoms with van der Waals surface area (Å²) >= 11 is 0. The van der Waals surface area contributed by atoms with Gasteiger partial charge < -0.3 is 14.4 Å². The summed E-state index contributed by atoms with van der Waals surface area (Å²) in [4.78, 5) is 11.6. The summed E-state index contributed by atoms with van der Waals surface area (Å²) in [6.45, 7) is 4.35. The van der Waals surface area contributed by atoms with Crippen LogP contribution in [-0.2, 0) is 16.1 Å². The fourth-order valence-corrected chi connectivity index (χ4v) is 2.16. The highest BCUT2D eigenvalue weighted by molar-refractivity contribution is 5.90. The third-order valence-corrected chi connectivity index (χ3v) is 3.03. The highest BCUT2D eigenvalue weighted by Gasteiger charge is 2.24. The van der Waals surface area contributed by atoms with Gasteiger partial charge in [-0.2, -0.15) is 0 Å². The van der Waals surface area contributed by atoms with Crippen LogP contribution in [0.4, 0.5) is 4.39 Å². The monoisotopic (exact) mass is 265 g/mol. The summed E-state index contributed by atoms with van der Waals surface area (Å²) in [6.07, 6.45) is 0.127. The van der Waals surface area contributed by atoms with E-state index in [1.165, 1.54) is 6.07 Å². The van der Waals surface area contributed by atoms with Crippen LogP contribution >= 0.6 is 0 Å². The number of aliphatic hydroxyl groups excluding tert-OH is 1. The van der Waals surface area contributed by atoms with Gasteiger partial charge in [-0.25, -0.2) is 9.18 Å². The minimum Gasteiger partial charge on any atom is -0.464 e. The van der Waals surface area contributed by atoms with Gasteiger partial charge in [0.2, 0.25) is 0 Å². The first kappa shape index (κ1) is 13.5. The fraction of sp³-hybridized carbons (Fsp3) is 0.357. The van der Waals surface area contributed by atoms with Gasteiger partial charge in [0.25, 0.3) is 0 Å². The number of esters is 1. The first-order valence-corrected chi connectivity index (χ1v) is 6.22. The molecule has 4 nitrogen and oxygen atoms in total. The topological polar surface area (TPSA) is 51.5 Å². The Kier molecular flexibility index (Phi) is 3.85. The molecule has 0 spiro atoms. The van der Waals surface area contributed by atoms with Crippen molar-refractivity contribution in [2.45, 2.75) is 26.5 Å². The number of carbonyl (C=O) groups is 1. The van der Waals surface area contributed by atoms with E-state index in [-0.39, 0.29) is 17.6 Å². The van der Waals surface area contributed by atoms with E-state index in [1.54, 1.807) is 29.8 Å². The molecule has 0 fully saturated rings. The van der Waals surface area contributed by atoms with Gasteiger partial charge in [0.1, 0.15) is 5.82 Å². The molecular weight excluding hydrogens is 249 g/mol. The van der Waals surface area contributed by atoms with Gasteiger partial charge in [0.05, 0.1) is 12.1 Å². The van der Waals surface area contributed by atoms with Crippen molar-refractivity contribution in [3.63, 3.8) is 0 Å². The van der Waals surface area contributed by atoms with E-state index in [1.807, 2.05) is 6.92 Å². The number of aromatic nitrogens is 1. The van der Waals surface area contributed by atoms with Crippen molar-refractivity contribution in [2.24, 2.45) is 0 Å². The summed E-state index contributed by atoms with van der Waals surface area (Å²) in [6, 6.07) is 4.66. The van der Waals surface area contributed by atoms with Crippen molar-refractivity contribution in [1.29, 1.82) is 0 Å². The predicted molar refractivity (Wildman–Crippen MR) is 69.2 cm³/mol. The van der Waals surface area contributed by atoms with Gasteiger partial charge in [-0.3, -0.25) is 0 Å². The Morgan fingerprint density at radius 3 is 2.84 bits per heavy atom. The average molecular weight is 265 g/mol. The Hall–Kier alpha value is -1.88. The highest BCUT2D eigenvalue weighted by atomic mass is 19.1. The average Bonchev–Trinajstić information content (AvgIpc) is 2.78. The minimum atomic E-state index is -1.47. The molecule has 2 rings (SSSR count). The Bertz CT molecular complexity index is 606. The maximum atomic E-state index is 13.9. The number of ether oxygens (including phenoxy) is 1. The number of halogens is 1. The Labute approximate surface area is 110 Å². The van der Waals surface area contributed by atoms with Gasteiger partial charge in [0, 0.05) is 23.7 Å². The van der Waals surface area contributed by atoms with Gasteiger partial charge in [-0.15, -0.1) is 0 Å². The molecule has 0 aliphatic carbocycles. The third kappa shape index (κ3) is 2.33. The summed E-state index contributed by atoms with van der Waals surface area (Å²) in [5, 5.41) is 10.3. The van der Waals surface area contributed by atoms with Crippen LogP contribution in [0.1, 0.15) is 25.5 Å². The van der Waals surface area contributed by atoms with Crippen LogP contribution in [-0.4, -0.2) is 22.2 Å². The maximum Gasteiger partial charge on any atom is 0.339 e. The summed E-state index contributed by atoms with van der Waals surface area (Å²) < 4.78 is 20.5. The Morgan fingerprint density at radius 1 is 1.47 bits per heavy atom. The van der Waals surface area contributed by atoms with Crippen LogP contribution < -0.4 is 0 Å². The standard InChI is InChI=1S/C14H16FNO3/c1-3-16-8-9(13(17)14(18)19-4-2)12-10(15)6-5-7-11(12)16/h5-8,13,17H,3-4H2,1-2H3. The Balaban J connectivity index is 2.57. The van der Waals surface area contributed by atoms with Crippen LogP contribution in [0, 0.1) is 5.82 Å². The van der Waals surface area contributed by atoms with E-state index in [0.29, 0.717) is 12.1 Å². The van der Waals surface area contributed by atoms with Gasteiger partial charge >= 0.3 is 5.97 Å². The third-order valence-electron chi connectivity index (χ3n) is 3.03. The maximum absolute atomic E-state index is 13.9. The second kappa shape index (κ2) is 5.40. The number of carbonyl (C=O) groups excluding carboxylic acids is 1. The number of fused-ring (bicyclic) bond motifs is 1. The molecule has 1 atom stereocenters. The predicted octanol–water partition coefficient (Wildman–Crippen LogP) is 2.40. The van der Waals surface area contributed by atoms with E-state index < -0.39 is 17.9 Å². The normalized spacial score (nSPS) is 12.6. The molecule has 0 saturated heterocycles. The van der Waals surface area contributed by atoms with Crippen LogP contribution in [0.15, 0.2) is 24.4 Å². The largest absolute Gasteiger partial charge is 0.464 e. The van der Waals surface area contributed by atoms with Gasteiger partial charge in [0.15, 0.2) is 6.10 Å². The number of benzene rings is 1. The summed E-state index contributed by atoms with van der Waals surface area (Å²) in [5.41, 5.74) is 0.897. The molecule has 1 heterocycles. The lowest BCUT2D eigenvalue weighted by atomic mass is 10.1. The van der Waals surface area contributed by atoms with E-state index in [2.05, 4.69) is 0 Å². The van der Waals surface area contributed by atoms with E-state index in [4.69, 9.17) is 4.74 Å². The molecule has 0 amide bonds. The van der Waals surface area contributed by atoms with Crippen molar-refractivity contribution in [3.05, 3.63) is 35.8 Å². The van der Waals surface area contributed by atoms with E-state index in [9.17, 15) is 14.3 Å². The lowest BCUT2D eigenvalue weighted by Gasteiger charge is -2.08. The molecule has 1 N–H and O–H groups in total. The van der Waals surface area contributed by atoms with Gasteiger partial charge in [-0.1, -0.05) is 6.07 Å². The van der Waals surface area contributed by atoms with Crippen LogP contribution in [0.25, 0.3) is 10.9 Å². The molecule has 102 valence electrons. The molecule has 0 aliphatic heterocycles. The molecule has 19 heavy (non-hydrogen) atoms. The van der Waals surface area contributed by atoms with Crippen molar-refractivity contribution >= 4 is 16.9 Å². The second-order valence-electron chi connectivity index (χ2n) is 4.16. The second-order valence-corrected chi connectivity index (χ2v) is 4.16. The molecule has 1 aromatic carbocycles. The quantitative estimate of drug-likeness (QED) is 0.864. The number of hydrogen-bond acceptors (Lipinski definition) is 3. The van der Waals surface area contributed by atoms with E-state index in [0.717, 1.165) is 0 Å². The molecule has 2 aromatic rings. The SMILES string of the molecule is CCOC(=O)C(O)c1cn(CC)c2cccc(F)c12. The zero-order chi connectivity index (χ0) is 14.0. The molecular formula is C14H16FNO3.